The van der Waals surface area contributed by atoms with Gasteiger partial charge < -0.3 is 14.8 Å². The molecule has 0 atom stereocenters. The van der Waals surface area contributed by atoms with Gasteiger partial charge in [-0.3, -0.25) is 14.0 Å². The molecule has 1 amide bonds. The lowest BCUT2D eigenvalue weighted by atomic mass is 10.1. The molecule has 0 aliphatic carbocycles. The van der Waals surface area contributed by atoms with Crippen LogP contribution in [0, 0.1) is 0 Å². The third-order valence-corrected chi connectivity index (χ3v) is 7.01. The fraction of sp³-hybridized carbons (Fsp3) is 0.458. The summed E-state index contributed by atoms with van der Waals surface area (Å²) < 4.78 is 36.9. The van der Waals surface area contributed by atoms with E-state index in [-0.39, 0.29) is 12.5 Å². The summed E-state index contributed by atoms with van der Waals surface area (Å²) >= 11 is 0. The average Bonchev–Trinajstić information content (AvgIpc) is 2.82. The monoisotopic (exact) mass is 473 g/mol. The van der Waals surface area contributed by atoms with Crippen molar-refractivity contribution < 1.29 is 22.7 Å². The Hall–Kier alpha value is -2.78. The van der Waals surface area contributed by atoms with Gasteiger partial charge in [0.2, 0.25) is 15.9 Å². The van der Waals surface area contributed by atoms with Crippen LogP contribution in [0.5, 0.6) is 11.5 Å². The van der Waals surface area contributed by atoms with E-state index >= 15 is 0 Å². The summed E-state index contributed by atoms with van der Waals surface area (Å²) in [5.41, 5.74) is 2.59. The Balaban J connectivity index is 1.34. The molecule has 0 unspecified atom stereocenters. The van der Waals surface area contributed by atoms with Crippen LogP contribution in [0.4, 0.5) is 5.69 Å². The first-order valence-corrected chi connectivity index (χ1v) is 13.2. The van der Waals surface area contributed by atoms with E-state index in [4.69, 9.17) is 9.47 Å². The number of piperidine rings is 1. The maximum atomic E-state index is 12.6. The highest BCUT2D eigenvalue weighted by atomic mass is 32.2. The average molecular weight is 474 g/mol. The summed E-state index contributed by atoms with van der Waals surface area (Å²) in [7, 11) is -3.67. The molecule has 1 fully saturated rings. The molecule has 0 bridgehead atoms. The van der Waals surface area contributed by atoms with Crippen molar-refractivity contribution in [3.05, 3.63) is 53.6 Å². The number of amides is 1. The maximum absolute atomic E-state index is 12.6. The second-order valence-electron chi connectivity index (χ2n) is 8.53. The van der Waals surface area contributed by atoms with Crippen molar-refractivity contribution in [3.8, 4) is 11.5 Å². The van der Waals surface area contributed by atoms with Gasteiger partial charge in [0, 0.05) is 19.2 Å². The molecule has 2 aromatic rings. The fourth-order valence-corrected chi connectivity index (χ4v) is 4.96. The smallest absolute Gasteiger partial charge is 0.241 e. The molecule has 0 saturated carbocycles. The summed E-state index contributed by atoms with van der Waals surface area (Å²) in [4.78, 5) is 15.1. The highest BCUT2D eigenvalue weighted by molar-refractivity contribution is 7.92. The molecule has 9 heteroatoms. The van der Waals surface area contributed by atoms with E-state index in [1.807, 2.05) is 12.1 Å². The molecule has 8 nitrogen and oxygen atoms in total. The second-order valence-corrected chi connectivity index (χ2v) is 10.4. The van der Waals surface area contributed by atoms with E-state index in [0.29, 0.717) is 36.9 Å². The Bertz CT molecular complexity index is 1070. The molecule has 2 heterocycles. The molecular formula is C24H31N3O5S. The molecule has 33 heavy (non-hydrogen) atoms. The zero-order valence-electron chi connectivity index (χ0n) is 19.0. The number of likely N-dealkylation sites (tertiary alicyclic amines) is 1. The molecule has 2 aromatic carbocycles. The Labute approximate surface area is 195 Å². The van der Waals surface area contributed by atoms with Gasteiger partial charge in [0.15, 0.2) is 11.5 Å². The lowest BCUT2D eigenvalue weighted by Gasteiger charge is -2.26. The van der Waals surface area contributed by atoms with E-state index in [2.05, 4.69) is 22.3 Å². The molecule has 1 N–H and O–H groups in total. The summed E-state index contributed by atoms with van der Waals surface area (Å²) in [6.07, 6.45) is 4.93. The fourth-order valence-electron chi connectivity index (χ4n) is 4.11. The molecule has 0 radical (unpaired) electrons. The van der Waals surface area contributed by atoms with Crippen LogP contribution in [-0.4, -0.2) is 58.3 Å². The lowest BCUT2D eigenvalue weighted by Crippen LogP contribution is -2.40. The minimum Gasteiger partial charge on any atom is -0.486 e. The molecule has 0 spiro atoms. The SMILES string of the molecule is CS(=O)(=O)N(CC(=O)NCc1ccc(CN2CCCCC2)cc1)c1ccc2c(c1)OCCO2. The number of carbonyl (C=O) groups is 1. The van der Waals surface area contributed by atoms with Crippen LogP contribution in [0.2, 0.25) is 0 Å². The van der Waals surface area contributed by atoms with Gasteiger partial charge in [0.25, 0.3) is 0 Å². The van der Waals surface area contributed by atoms with E-state index in [9.17, 15) is 13.2 Å². The number of benzene rings is 2. The van der Waals surface area contributed by atoms with Crippen LogP contribution in [0.15, 0.2) is 42.5 Å². The van der Waals surface area contributed by atoms with Crippen molar-refractivity contribution in [1.29, 1.82) is 0 Å². The summed E-state index contributed by atoms with van der Waals surface area (Å²) in [5.74, 6) is 0.650. The Morgan fingerprint density at radius 2 is 1.64 bits per heavy atom. The van der Waals surface area contributed by atoms with E-state index in [1.54, 1.807) is 18.2 Å². The number of fused-ring (bicyclic) bond motifs is 1. The van der Waals surface area contributed by atoms with Gasteiger partial charge in [-0.1, -0.05) is 30.7 Å². The predicted molar refractivity (Wildman–Crippen MR) is 127 cm³/mol. The van der Waals surface area contributed by atoms with Crippen LogP contribution in [0.1, 0.15) is 30.4 Å². The topological polar surface area (TPSA) is 88.2 Å². The molecule has 0 aromatic heterocycles. The number of hydrogen-bond acceptors (Lipinski definition) is 6. The number of hydrogen-bond donors (Lipinski definition) is 1. The molecular weight excluding hydrogens is 442 g/mol. The van der Waals surface area contributed by atoms with Crippen molar-refractivity contribution in [2.75, 3.05) is 43.4 Å². The number of rotatable bonds is 8. The van der Waals surface area contributed by atoms with Gasteiger partial charge in [0.1, 0.15) is 19.8 Å². The molecule has 1 saturated heterocycles. The van der Waals surface area contributed by atoms with Gasteiger partial charge in [0.05, 0.1) is 11.9 Å². The maximum Gasteiger partial charge on any atom is 0.241 e. The minimum atomic E-state index is -3.67. The van der Waals surface area contributed by atoms with Crippen LogP contribution < -0.4 is 19.1 Å². The summed E-state index contributed by atoms with van der Waals surface area (Å²) in [6.45, 7) is 4.12. The standard InChI is InChI=1S/C24H31N3O5S/c1-33(29,30)27(21-9-10-22-23(15-21)32-14-13-31-22)18-24(28)25-16-19-5-7-20(8-6-19)17-26-11-3-2-4-12-26/h5-10,15H,2-4,11-14,16-18H2,1H3,(H,25,28). The van der Waals surface area contributed by atoms with Crippen molar-refractivity contribution in [1.82, 2.24) is 10.2 Å². The highest BCUT2D eigenvalue weighted by Crippen LogP contribution is 2.34. The van der Waals surface area contributed by atoms with Crippen LogP contribution in [-0.2, 0) is 27.9 Å². The Morgan fingerprint density at radius 1 is 0.970 bits per heavy atom. The minimum absolute atomic E-state index is 0.314. The van der Waals surface area contributed by atoms with E-state index in [1.165, 1.54) is 24.8 Å². The Kier molecular flexibility index (Phi) is 7.39. The third-order valence-electron chi connectivity index (χ3n) is 5.87. The van der Waals surface area contributed by atoms with Crippen molar-refractivity contribution in [2.45, 2.75) is 32.4 Å². The number of ether oxygens (including phenoxy) is 2. The number of nitrogens with zero attached hydrogens (tertiary/aromatic N) is 2. The third kappa shape index (κ3) is 6.39. The lowest BCUT2D eigenvalue weighted by molar-refractivity contribution is -0.119. The van der Waals surface area contributed by atoms with Crippen molar-refractivity contribution in [2.24, 2.45) is 0 Å². The van der Waals surface area contributed by atoms with Gasteiger partial charge >= 0.3 is 0 Å². The Morgan fingerprint density at radius 3 is 2.33 bits per heavy atom. The van der Waals surface area contributed by atoms with Crippen molar-refractivity contribution in [3.63, 3.8) is 0 Å². The van der Waals surface area contributed by atoms with Crippen LogP contribution in [0.3, 0.4) is 0 Å². The first kappa shape index (κ1) is 23.4. The zero-order chi connectivity index (χ0) is 23.3. The number of carbonyl (C=O) groups excluding carboxylic acids is 1. The van der Waals surface area contributed by atoms with E-state index in [0.717, 1.165) is 35.8 Å². The van der Waals surface area contributed by atoms with Crippen molar-refractivity contribution >= 4 is 21.6 Å². The largest absolute Gasteiger partial charge is 0.486 e. The van der Waals surface area contributed by atoms with Gasteiger partial charge in [-0.05, 0) is 49.2 Å². The second kappa shape index (κ2) is 10.4. The molecule has 2 aliphatic heterocycles. The normalized spacial score (nSPS) is 16.3. The van der Waals surface area contributed by atoms with Crippen LogP contribution >= 0.6 is 0 Å². The highest BCUT2D eigenvalue weighted by Gasteiger charge is 2.23. The zero-order valence-corrected chi connectivity index (χ0v) is 19.8. The first-order valence-electron chi connectivity index (χ1n) is 11.3. The van der Waals surface area contributed by atoms with Gasteiger partial charge in [-0.25, -0.2) is 8.42 Å². The van der Waals surface area contributed by atoms with Gasteiger partial charge in [-0.2, -0.15) is 0 Å². The molecule has 178 valence electrons. The summed E-state index contributed by atoms with van der Waals surface area (Å²) in [6, 6.07) is 13.1. The number of anilines is 1. The number of nitrogens with one attached hydrogen (secondary N) is 1. The number of sulfonamides is 1. The van der Waals surface area contributed by atoms with E-state index < -0.39 is 10.0 Å². The predicted octanol–water partition coefficient (Wildman–Crippen LogP) is 2.53. The van der Waals surface area contributed by atoms with Gasteiger partial charge in [-0.15, -0.1) is 0 Å². The summed E-state index contributed by atoms with van der Waals surface area (Å²) in [5, 5.41) is 2.82. The molecule has 2 aliphatic rings. The quantitative estimate of drug-likeness (QED) is 0.634. The van der Waals surface area contributed by atoms with Crippen LogP contribution in [0.25, 0.3) is 0 Å². The first-order chi connectivity index (χ1) is 15.9. The molecule has 4 rings (SSSR count).